The number of imidazole rings is 1. The predicted octanol–water partition coefficient (Wildman–Crippen LogP) is 5.96. The van der Waals surface area contributed by atoms with Gasteiger partial charge in [-0.3, -0.25) is 9.38 Å². The second-order valence-electron chi connectivity index (χ2n) is 6.13. The van der Waals surface area contributed by atoms with Gasteiger partial charge in [-0.1, -0.05) is 54.6 Å². The van der Waals surface area contributed by atoms with Gasteiger partial charge in [0.1, 0.15) is 17.0 Å². The molecule has 5 nitrogen and oxygen atoms in total. The zero-order valence-corrected chi connectivity index (χ0v) is 14.4. The summed E-state index contributed by atoms with van der Waals surface area (Å²) in [5.74, 6) is 0.699. The number of pyridine rings is 2. The van der Waals surface area contributed by atoms with E-state index >= 15 is 0 Å². The molecule has 0 unspecified atom stereocenters. The normalized spacial score (nSPS) is 11.6. The van der Waals surface area contributed by atoms with Gasteiger partial charge in [0.2, 0.25) is 0 Å². The summed E-state index contributed by atoms with van der Waals surface area (Å²) in [4.78, 5) is 9.20. The number of aromatic nitrogens is 3. The average Bonchev–Trinajstić information content (AvgIpc) is 3.11. The molecule has 128 valence electrons. The Bertz CT molecular complexity index is 1270. The van der Waals surface area contributed by atoms with Crippen molar-refractivity contribution in [2.75, 3.05) is 0 Å². The lowest BCUT2D eigenvalue weighted by Crippen LogP contribution is -1.82. The van der Waals surface area contributed by atoms with E-state index in [0.29, 0.717) is 5.82 Å². The van der Waals surface area contributed by atoms with Gasteiger partial charge >= 0.3 is 0 Å². The molecule has 0 bridgehead atoms. The maximum absolute atomic E-state index is 4.75. The lowest BCUT2D eigenvalue weighted by atomic mass is 10.1. The van der Waals surface area contributed by atoms with E-state index in [1.165, 1.54) is 0 Å². The molecular formula is C22H15N5. The van der Waals surface area contributed by atoms with Gasteiger partial charge in [-0.25, -0.2) is 4.98 Å². The SMILES string of the molecule is c1ccc(-c2nc3ccccn3c2N=Nc2cccc3cccnc23)cc1. The monoisotopic (exact) mass is 349 g/mol. The molecule has 3 aromatic heterocycles. The fraction of sp³-hybridized carbons (Fsp3) is 0. The lowest BCUT2D eigenvalue weighted by Gasteiger charge is -2.01. The number of azo groups is 1. The predicted molar refractivity (Wildman–Crippen MR) is 107 cm³/mol. The zero-order chi connectivity index (χ0) is 18.1. The number of hydrogen-bond donors (Lipinski definition) is 0. The first-order valence-electron chi connectivity index (χ1n) is 8.68. The molecule has 27 heavy (non-hydrogen) atoms. The van der Waals surface area contributed by atoms with Crippen molar-refractivity contribution in [1.82, 2.24) is 14.4 Å². The standard InChI is InChI=1S/C22H15N5/c1-2-8-17(9-3-1)21-22(27-15-5-4-13-19(27)24-21)26-25-18-12-6-10-16-11-7-14-23-20(16)18/h1-15H. The maximum Gasteiger partial charge on any atom is 0.187 e. The molecule has 0 N–H and O–H groups in total. The maximum atomic E-state index is 4.75. The summed E-state index contributed by atoms with van der Waals surface area (Å²) in [6, 6.07) is 25.8. The molecule has 0 aliphatic carbocycles. The van der Waals surface area contributed by atoms with Crippen LogP contribution in [0, 0.1) is 0 Å². The van der Waals surface area contributed by atoms with Crippen LogP contribution in [0.3, 0.4) is 0 Å². The van der Waals surface area contributed by atoms with Gasteiger partial charge in [0.05, 0.1) is 5.52 Å². The first-order valence-corrected chi connectivity index (χ1v) is 8.68. The Hall–Kier alpha value is -3.86. The van der Waals surface area contributed by atoms with Crippen LogP contribution in [-0.4, -0.2) is 14.4 Å². The summed E-state index contributed by atoms with van der Waals surface area (Å²) >= 11 is 0. The second kappa shape index (κ2) is 6.46. The molecule has 3 heterocycles. The third-order valence-electron chi connectivity index (χ3n) is 4.42. The van der Waals surface area contributed by atoms with Crippen LogP contribution >= 0.6 is 0 Å². The highest BCUT2D eigenvalue weighted by atomic mass is 15.2. The quantitative estimate of drug-likeness (QED) is 0.377. The van der Waals surface area contributed by atoms with Crippen molar-refractivity contribution in [2.45, 2.75) is 0 Å². The fourth-order valence-electron chi connectivity index (χ4n) is 3.14. The molecule has 0 spiro atoms. The van der Waals surface area contributed by atoms with Gasteiger partial charge in [0.25, 0.3) is 0 Å². The molecule has 0 atom stereocenters. The minimum atomic E-state index is 0.699. The Morgan fingerprint density at radius 3 is 2.52 bits per heavy atom. The van der Waals surface area contributed by atoms with E-state index in [-0.39, 0.29) is 0 Å². The van der Waals surface area contributed by atoms with Crippen LogP contribution in [0.15, 0.2) is 101 Å². The molecule has 0 radical (unpaired) electrons. The first-order chi connectivity index (χ1) is 13.4. The molecule has 5 rings (SSSR count). The lowest BCUT2D eigenvalue weighted by molar-refractivity contribution is 1.11. The molecule has 5 heteroatoms. The van der Waals surface area contributed by atoms with Crippen molar-refractivity contribution in [2.24, 2.45) is 10.2 Å². The smallest absolute Gasteiger partial charge is 0.187 e. The number of rotatable bonds is 3. The van der Waals surface area contributed by atoms with Crippen LogP contribution < -0.4 is 0 Å². The Labute approximate surface area is 155 Å². The van der Waals surface area contributed by atoms with Gasteiger partial charge in [-0.15, -0.1) is 10.2 Å². The summed E-state index contributed by atoms with van der Waals surface area (Å²) < 4.78 is 1.95. The van der Waals surface area contributed by atoms with Crippen molar-refractivity contribution < 1.29 is 0 Å². The highest BCUT2D eigenvalue weighted by Gasteiger charge is 2.13. The minimum Gasteiger partial charge on any atom is -0.283 e. The van der Waals surface area contributed by atoms with Crippen LogP contribution in [0.5, 0.6) is 0 Å². The molecule has 0 amide bonds. The van der Waals surface area contributed by atoms with Gasteiger partial charge in [-0.05, 0) is 24.3 Å². The number of para-hydroxylation sites is 1. The summed E-state index contributed by atoms with van der Waals surface area (Å²) in [5, 5.41) is 10.1. The highest BCUT2D eigenvalue weighted by molar-refractivity contribution is 5.88. The van der Waals surface area contributed by atoms with Crippen LogP contribution in [0.1, 0.15) is 0 Å². The molecule has 0 aliphatic heterocycles. The number of nitrogens with zero attached hydrogens (tertiary/aromatic N) is 5. The van der Waals surface area contributed by atoms with Crippen molar-refractivity contribution in [3.8, 4) is 11.3 Å². The summed E-state index contributed by atoms with van der Waals surface area (Å²) in [5.41, 5.74) is 4.21. The highest BCUT2D eigenvalue weighted by Crippen LogP contribution is 2.33. The van der Waals surface area contributed by atoms with E-state index in [2.05, 4.69) is 15.2 Å². The van der Waals surface area contributed by atoms with Crippen LogP contribution in [0.4, 0.5) is 11.5 Å². The van der Waals surface area contributed by atoms with E-state index in [4.69, 9.17) is 4.98 Å². The summed E-state index contributed by atoms with van der Waals surface area (Å²) in [6.45, 7) is 0. The summed E-state index contributed by atoms with van der Waals surface area (Å²) in [7, 11) is 0. The molecule has 2 aromatic carbocycles. The topological polar surface area (TPSA) is 54.9 Å². The van der Waals surface area contributed by atoms with Gasteiger partial charge in [-0.2, -0.15) is 0 Å². The molecule has 0 aliphatic rings. The van der Waals surface area contributed by atoms with Gasteiger partial charge < -0.3 is 0 Å². The van der Waals surface area contributed by atoms with E-state index < -0.39 is 0 Å². The van der Waals surface area contributed by atoms with Gasteiger partial charge in [0, 0.05) is 23.3 Å². The van der Waals surface area contributed by atoms with E-state index in [1.807, 2.05) is 89.5 Å². The number of hydrogen-bond acceptors (Lipinski definition) is 4. The molecule has 0 fully saturated rings. The Morgan fingerprint density at radius 1 is 0.741 bits per heavy atom. The third-order valence-corrected chi connectivity index (χ3v) is 4.42. The molecule has 5 aromatic rings. The van der Waals surface area contributed by atoms with Gasteiger partial charge in [0.15, 0.2) is 5.82 Å². The zero-order valence-electron chi connectivity index (χ0n) is 14.4. The van der Waals surface area contributed by atoms with Crippen LogP contribution in [0.25, 0.3) is 27.8 Å². The number of benzene rings is 2. The Morgan fingerprint density at radius 2 is 1.59 bits per heavy atom. The van der Waals surface area contributed by atoms with E-state index in [1.54, 1.807) is 6.20 Å². The first kappa shape index (κ1) is 15.4. The van der Waals surface area contributed by atoms with Crippen molar-refractivity contribution in [1.29, 1.82) is 0 Å². The van der Waals surface area contributed by atoms with Crippen molar-refractivity contribution in [3.63, 3.8) is 0 Å². The largest absolute Gasteiger partial charge is 0.283 e. The van der Waals surface area contributed by atoms with Crippen molar-refractivity contribution in [3.05, 3.63) is 91.3 Å². The number of fused-ring (bicyclic) bond motifs is 2. The summed E-state index contributed by atoms with van der Waals surface area (Å²) in [6.07, 6.45) is 3.72. The molecular weight excluding hydrogens is 334 g/mol. The molecule has 0 saturated heterocycles. The van der Waals surface area contributed by atoms with Crippen LogP contribution in [0.2, 0.25) is 0 Å². The molecule has 0 saturated carbocycles. The second-order valence-corrected chi connectivity index (χ2v) is 6.13. The fourth-order valence-corrected chi connectivity index (χ4v) is 3.14. The average molecular weight is 349 g/mol. The van der Waals surface area contributed by atoms with Crippen LogP contribution in [-0.2, 0) is 0 Å². The third kappa shape index (κ3) is 2.75. The van der Waals surface area contributed by atoms with E-state index in [0.717, 1.165) is 33.5 Å². The Kier molecular flexibility index (Phi) is 3.68. The van der Waals surface area contributed by atoms with E-state index in [9.17, 15) is 0 Å². The Balaban J connectivity index is 1.69. The van der Waals surface area contributed by atoms with Crippen molar-refractivity contribution >= 4 is 28.1 Å². The minimum absolute atomic E-state index is 0.699.